The number of rotatable bonds is 9. The van der Waals surface area contributed by atoms with Crippen LogP contribution in [0.2, 0.25) is 0 Å². The van der Waals surface area contributed by atoms with Crippen molar-refractivity contribution in [2.45, 2.75) is 0 Å². The Kier molecular flexibility index (Phi) is 9.12. The molecule has 10 aromatic carbocycles. The molecule has 12 rings (SSSR count). The minimum absolute atomic E-state index is 0.824. The minimum atomic E-state index is 0.824. The van der Waals surface area contributed by atoms with Crippen LogP contribution in [-0.2, 0) is 0 Å². The lowest BCUT2D eigenvalue weighted by molar-refractivity contribution is 0.666. The van der Waals surface area contributed by atoms with Crippen molar-refractivity contribution in [2.24, 2.45) is 0 Å². The lowest BCUT2D eigenvalue weighted by Gasteiger charge is -2.26. The Morgan fingerprint density at radius 1 is 0.219 bits per heavy atom. The fraction of sp³-hybridized carbons (Fsp3) is 0. The van der Waals surface area contributed by atoms with Crippen LogP contribution < -0.4 is 9.80 Å². The van der Waals surface area contributed by atoms with E-state index >= 15 is 0 Å². The van der Waals surface area contributed by atoms with Crippen LogP contribution in [0.25, 0.3) is 77.3 Å². The summed E-state index contributed by atoms with van der Waals surface area (Å²) in [5, 5.41) is 4.32. The molecule has 0 aliphatic rings. The molecule has 0 aliphatic carbocycles. The highest BCUT2D eigenvalue weighted by Crippen LogP contribution is 2.46. The molecule has 0 saturated heterocycles. The molecule has 0 atom stereocenters. The first-order valence-electron chi connectivity index (χ1n) is 21.7. The first-order chi connectivity index (χ1) is 31.7. The van der Waals surface area contributed by atoms with Gasteiger partial charge in [0.25, 0.3) is 0 Å². The largest absolute Gasteiger partial charge is 0.454 e. The van der Waals surface area contributed by atoms with E-state index in [2.05, 4.69) is 228 Å². The third-order valence-corrected chi connectivity index (χ3v) is 12.3. The Bertz CT molecular complexity index is 3380. The number of anilines is 6. The van der Waals surface area contributed by atoms with Gasteiger partial charge in [-0.2, -0.15) is 0 Å². The zero-order valence-electron chi connectivity index (χ0n) is 34.8. The molecule has 302 valence electrons. The molecule has 64 heavy (non-hydrogen) atoms. The summed E-state index contributed by atoms with van der Waals surface area (Å²) in [5.41, 5.74) is 16.5. The van der Waals surface area contributed by atoms with Crippen molar-refractivity contribution in [2.75, 3.05) is 9.80 Å². The molecule has 0 radical (unpaired) electrons. The fourth-order valence-corrected chi connectivity index (χ4v) is 9.14. The van der Waals surface area contributed by atoms with Gasteiger partial charge >= 0.3 is 0 Å². The highest BCUT2D eigenvalue weighted by Gasteiger charge is 2.23. The van der Waals surface area contributed by atoms with Gasteiger partial charge in [0.1, 0.15) is 11.2 Å². The van der Waals surface area contributed by atoms with Crippen molar-refractivity contribution in [3.8, 4) is 33.4 Å². The Balaban J connectivity index is 0.923. The third-order valence-electron chi connectivity index (χ3n) is 12.3. The summed E-state index contributed by atoms with van der Waals surface area (Å²) >= 11 is 0. The molecule has 0 aliphatic heterocycles. The maximum absolute atomic E-state index is 6.64. The van der Waals surface area contributed by atoms with Gasteiger partial charge in [0.2, 0.25) is 0 Å². The SMILES string of the molecule is c1ccc(-c2ccc(N(c3ccc(-c4ccccc4)cc3)c3ccc(-c4ccc(N(c5cccc6c5oc5ccccc56)c5cccc6c5oc5ccccc56)cc4)cc3)cc2)cc1. The quantitative estimate of drug-likeness (QED) is 0.145. The van der Waals surface area contributed by atoms with Crippen LogP contribution in [0.5, 0.6) is 0 Å². The normalized spacial score (nSPS) is 11.4. The van der Waals surface area contributed by atoms with Gasteiger partial charge in [-0.25, -0.2) is 0 Å². The molecule has 0 spiro atoms. The average molecular weight is 821 g/mol. The molecule has 0 N–H and O–H groups in total. The van der Waals surface area contributed by atoms with Crippen LogP contribution in [-0.4, -0.2) is 0 Å². The molecular formula is C60H40N2O2. The zero-order valence-corrected chi connectivity index (χ0v) is 34.8. The van der Waals surface area contributed by atoms with Crippen molar-refractivity contribution in [3.63, 3.8) is 0 Å². The summed E-state index contributed by atoms with van der Waals surface area (Å²) in [6.07, 6.45) is 0. The van der Waals surface area contributed by atoms with Gasteiger partial charge in [-0.3, -0.25) is 0 Å². The molecule has 0 unspecified atom stereocenters. The van der Waals surface area contributed by atoms with Crippen molar-refractivity contribution < 1.29 is 8.83 Å². The highest BCUT2D eigenvalue weighted by atomic mass is 16.3. The molecule has 2 aromatic heterocycles. The van der Waals surface area contributed by atoms with Crippen molar-refractivity contribution in [1.82, 2.24) is 0 Å². The van der Waals surface area contributed by atoms with E-state index in [1.54, 1.807) is 0 Å². The number of furan rings is 2. The molecule has 4 heteroatoms. The average Bonchev–Trinajstić information content (AvgIpc) is 3.95. The predicted molar refractivity (Wildman–Crippen MR) is 267 cm³/mol. The second kappa shape index (κ2) is 15.7. The van der Waals surface area contributed by atoms with Crippen molar-refractivity contribution >= 4 is 78.0 Å². The van der Waals surface area contributed by atoms with Gasteiger partial charge in [-0.1, -0.05) is 170 Å². The molecule has 12 aromatic rings. The molecule has 4 nitrogen and oxygen atoms in total. The molecule has 0 fully saturated rings. The number of benzene rings is 10. The summed E-state index contributed by atoms with van der Waals surface area (Å²) in [4.78, 5) is 4.60. The third kappa shape index (κ3) is 6.57. The second-order valence-corrected chi connectivity index (χ2v) is 16.1. The summed E-state index contributed by atoms with van der Waals surface area (Å²) in [6.45, 7) is 0. The zero-order chi connectivity index (χ0) is 42.4. The Morgan fingerprint density at radius 2 is 0.516 bits per heavy atom. The number of nitrogens with zero attached hydrogens (tertiary/aromatic N) is 2. The topological polar surface area (TPSA) is 32.8 Å². The first-order valence-corrected chi connectivity index (χ1v) is 21.7. The Morgan fingerprint density at radius 3 is 0.891 bits per heavy atom. The maximum Gasteiger partial charge on any atom is 0.159 e. The monoisotopic (exact) mass is 820 g/mol. The van der Waals surface area contributed by atoms with E-state index in [0.29, 0.717) is 0 Å². The lowest BCUT2D eigenvalue weighted by Crippen LogP contribution is -2.10. The van der Waals surface area contributed by atoms with Gasteiger partial charge in [0.15, 0.2) is 11.2 Å². The van der Waals surface area contributed by atoms with Gasteiger partial charge < -0.3 is 18.6 Å². The first kappa shape index (κ1) is 37.2. The predicted octanol–water partition coefficient (Wildman–Crippen LogP) is 17.4. The van der Waals surface area contributed by atoms with Crippen molar-refractivity contribution in [1.29, 1.82) is 0 Å². The van der Waals surface area contributed by atoms with Gasteiger partial charge in [-0.15, -0.1) is 0 Å². The van der Waals surface area contributed by atoms with Crippen LogP contribution in [0.15, 0.2) is 251 Å². The number of hydrogen-bond acceptors (Lipinski definition) is 4. The Hall–Kier alpha value is -8.60. The Labute approximate surface area is 371 Å². The fourth-order valence-electron chi connectivity index (χ4n) is 9.14. The molecule has 0 bridgehead atoms. The van der Waals surface area contributed by atoms with Gasteiger partial charge in [0.05, 0.1) is 11.4 Å². The highest BCUT2D eigenvalue weighted by molar-refractivity contribution is 6.14. The number of para-hydroxylation sites is 4. The van der Waals surface area contributed by atoms with Crippen molar-refractivity contribution in [3.05, 3.63) is 243 Å². The number of hydrogen-bond donors (Lipinski definition) is 0. The van der Waals surface area contributed by atoms with Crippen LogP contribution in [0.3, 0.4) is 0 Å². The summed E-state index contributed by atoms with van der Waals surface area (Å²) in [6, 6.07) is 85.7. The number of fused-ring (bicyclic) bond motifs is 6. The second-order valence-electron chi connectivity index (χ2n) is 16.1. The van der Waals surface area contributed by atoms with E-state index in [9.17, 15) is 0 Å². The molecule has 0 amide bonds. The van der Waals surface area contributed by atoms with E-state index in [0.717, 1.165) is 89.1 Å². The van der Waals surface area contributed by atoms with Crippen LogP contribution in [0, 0.1) is 0 Å². The molecule has 2 heterocycles. The van der Waals surface area contributed by atoms with E-state index in [1.807, 2.05) is 24.3 Å². The van der Waals surface area contributed by atoms with Crippen LogP contribution in [0.1, 0.15) is 0 Å². The molecular weight excluding hydrogens is 781 g/mol. The standard InChI is InChI=1S/C60H40N2O2/c1-3-13-41(14-4-1)43-25-33-47(34-26-43)61(48-35-27-44(28-36-48)42-15-5-2-6-16-42)49-37-29-45(30-38-49)46-31-39-50(40-32-46)62(55-21-11-19-53-51-17-7-9-23-57(51)63-59(53)55)56-22-12-20-54-52-18-8-10-24-58(52)64-60(54)56/h1-40H. The van der Waals surface area contributed by atoms with Gasteiger partial charge in [-0.05, 0) is 106 Å². The van der Waals surface area contributed by atoms with E-state index in [1.165, 1.54) is 22.3 Å². The van der Waals surface area contributed by atoms with Gasteiger partial charge in [0, 0.05) is 44.3 Å². The van der Waals surface area contributed by atoms with Crippen LogP contribution in [0.4, 0.5) is 34.1 Å². The summed E-state index contributed by atoms with van der Waals surface area (Å²) in [5.74, 6) is 0. The summed E-state index contributed by atoms with van der Waals surface area (Å²) in [7, 11) is 0. The lowest BCUT2D eigenvalue weighted by atomic mass is 10.0. The smallest absolute Gasteiger partial charge is 0.159 e. The minimum Gasteiger partial charge on any atom is -0.454 e. The van der Waals surface area contributed by atoms with E-state index in [4.69, 9.17) is 8.83 Å². The van der Waals surface area contributed by atoms with Crippen LogP contribution >= 0.6 is 0 Å². The van der Waals surface area contributed by atoms with E-state index in [-0.39, 0.29) is 0 Å². The summed E-state index contributed by atoms with van der Waals surface area (Å²) < 4.78 is 13.3. The maximum atomic E-state index is 6.64. The molecule has 0 saturated carbocycles. The van der Waals surface area contributed by atoms with E-state index < -0.39 is 0 Å².